The van der Waals surface area contributed by atoms with Crippen molar-refractivity contribution in [2.45, 2.75) is 39.8 Å². The third-order valence-corrected chi connectivity index (χ3v) is 7.62. The Balaban J connectivity index is 1.69. The molecule has 43 heavy (non-hydrogen) atoms. The SMILES string of the molecule is CC(C)(C)/C=C/[C@@H](Oc1c(-c2ccccc2)cccc1-c1ccccc1)/C(CCn1cccc1)=N\c1c(Cl)cccc1Cl. The highest BCUT2D eigenvalue weighted by atomic mass is 35.5. The summed E-state index contributed by atoms with van der Waals surface area (Å²) in [6.45, 7) is 7.25. The summed E-state index contributed by atoms with van der Waals surface area (Å²) in [7, 11) is 0. The van der Waals surface area contributed by atoms with E-state index in [1.807, 2.05) is 42.5 Å². The monoisotopic (exact) mass is 606 g/mol. The topological polar surface area (TPSA) is 26.5 Å². The highest BCUT2D eigenvalue weighted by Crippen LogP contribution is 2.40. The van der Waals surface area contributed by atoms with Gasteiger partial charge in [-0.1, -0.05) is 135 Å². The van der Waals surface area contributed by atoms with E-state index in [1.165, 1.54) is 0 Å². The maximum atomic E-state index is 7.15. The van der Waals surface area contributed by atoms with Gasteiger partial charge in [0.1, 0.15) is 11.4 Å². The number of aromatic nitrogens is 1. The average Bonchev–Trinajstić information content (AvgIpc) is 3.53. The molecule has 0 amide bonds. The van der Waals surface area contributed by atoms with Crippen LogP contribution in [0, 0.1) is 5.41 Å². The molecular formula is C38H36Cl2N2O. The molecule has 0 saturated heterocycles. The number of para-hydroxylation sites is 2. The van der Waals surface area contributed by atoms with Crippen LogP contribution in [0.1, 0.15) is 27.2 Å². The van der Waals surface area contributed by atoms with Crippen LogP contribution in [0.3, 0.4) is 0 Å². The van der Waals surface area contributed by atoms with Gasteiger partial charge < -0.3 is 9.30 Å². The van der Waals surface area contributed by atoms with Crippen LogP contribution in [-0.2, 0) is 6.54 Å². The fourth-order valence-corrected chi connectivity index (χ4v) is 5.32. The molecule has 4 aromatic carbocycles. The van der Waals surface area contributed by atoms with Gasteiger partial charge in [0.25, 0.3) is 0 Å². The van der Waals surface area contributed by atoms with E-state index in [2.05, 4.69) is 117 Å². The van der Waals surface area contributed by atoms with E-state index in [4.69, 9.17) is 32.9 Å². The number of aliphatic imine (C=N–C) groups is 1. The predicted octanol–water partition coefficient (Wildman–Crippen LogP) is 11.3. The second-order valence-corrected chi connectivity index (χ2v) is 12.3. The molecule has 218 valence electrons. The fourth-order valence-electron chi connectivity index (χ4n) is 4.84. The minimum absolute atomic E-state index is 0.0730. The molecule has 0 bridgehead atoms. The number of hydrogen-bond acceptors (Lipinski definition) is 2. The summed E-state index contributed by atoms with van der Waals surface area (Å²) >= 11 is 13.3. The van der Waals surface area contributed by atoms with Crippen LogP contribution in [-0.4, -0.2) is 16.4 Å². The highest BCUT2D eigenvalue weighted by molar-refractivity contribution is 6.38. The summed E-state index contributed by atoms with van der Waals surface area (Å²) in [6, 6.07) is 36.5. The van der Waals surface area contributed by atoms with Crippen molar-refractivity contribution in [2.75, 3.05) is 0 Å². The van der Waals surface area contributed by atoms with Gasteiger partial charge in [-0.15, -0.1) is 0 Å². The van der Waals surface area contributed by atoms with Gasteiger partial charge in [0, 0.05) is 36.5 Å². The molecule has 0 aliphatic carbocycles. The van der Waals surface area contributed by atoms with Crippen LogP contribution in [0.4, 0.5) is 5.69 Å². The first-order valence-electron chi connectivity index (χ1n) is 14.5. The number of hydrogen-bond donors (Lipinski definition) is 0. The minimum Gasteiger partial charge on any atom is -0.479 e. The number of allylic oxidation sites excluding steroid dienone is 1. The van der Waals surface area contributed by atoms with E-state index in [0.29, 0.717) is 22.2 Å². The van der Waals surface area contributed by atoms with Crippen LogP contribution in [0.15, 0.2) is 139 Å². The quantitative estimate of drug-likeness (QED) is 0.115. The van der Waals surface area contributed by atoms with Gasteiger partial charge in [-0.05, 0) is 46.9 Å². The van der Waals surface area contributed by atoms with Crippen molar-refractivity contribution in [3.05, 3.63) is 144 Å². The van der Waals surface area contributed by atoms with Gasteiger partial charge >= 0.3 is 0 Å². The van der Waals surface area contributed by atoms with Crippen molar-refractivity contribution in [2.24, 2.45) is 10.4 Å². The molecule has 0 radical (unpaired) electrons. The molecule has 1 heterocycles. The van der Waals surface area contributed by atoms with Gasteiger partial charge in [0.05, 0.1) is 15.8 Å². The second-order valence-electron chi connectivity index (χ2n) is 11.5. The van der Waals surface area contributed by atoms with E-state index in [1.54, 1.807) is 0 Å². The van der Waals surface area contributed by atoms with Crippen LogP contribution < -0.4 is 4.74 Å². The highest BCUT2D eigenvalue weighted by Gasteiger charge is 2.23. The predicted molar refractivity (Wildman–Crippen MR) is 183 cm³/mol. The maximum Gasteiger partial charge on any atom is 0.155 e. The molecule has 0 fully saturated rings. The van der Waals surface area contributed by atoms with Gasteiger partial charge in [-0.25, -0.2) is 0 Å². The fraction of sp³-hybridized carbons (Fsp3) is 0.184. The van der Waals surface area contributed by atoms with Crippen LogP contribution in [0.2, 0.25) is 10.0 Å². The number of rotatable bonds is 10. The van der Waals surface area contributed by atoms with Crippen molar-refractivity contribution in [1.82, 2.24) is 4.57 Å². The Morgan fingerprint density at radius 1 is 0.744 bits per heavy atom. The summed E-state index contributed by atoms with van der Waals surface area (Å²) in [5, 5.41) is 0.998. The molecule has 0 spiro atoms. The summed E-state index contributed by atoms with van der Waals surface area (Å²) in [6.07, 6.45) is 8.55. The zero-order valence-electron chi connectivity index (χ0n) is 24.8. The maximum absolute atomic E-state index is 7.15. The molecule has 0 aliphatic heterocycles. The van der Waals surface area contributed by atoms with Crippen LogP contribution >= 0.6 is 23.2 Å². The molecule has 1 aromatic heterocycles. The lowest BCUT2D eigenvalue weighted by atomic mass is 9.94. The molecular weight excluding hydrogens is 571 g/mol. The minimum atomic E-state index is -0.491. The third kappa shape index (κ3) is 8.07. The van der Waals surface area contributed by atoms with Crippen molar-refractivity contribution < 1.29 is 4.74 Å². The van der Waals surface area contributed by atoms with E-state index in [9.17, 15) is 0 Å². The standard InChI is InChI=1S/C38H36Cl2N2O/c1-38(2,3)24-22-35(34(23-27-42-25-10-11-26-42)41-36-32(39)20-13-21-33(36)40)43-37-30(28-14-6-4-7-15-28)18-12-19-31(37)29-16-8-5-9-17-29/h4-22,24-26,35H,23,27H2,1-3H3/b24-22+,41-34-/t35-/m1/s1. The smallest absolute Gasteiger partial charge is 0.155 e. The second kappa shape index (κ2) is 13.9. The van der Waals surface area contributed by atoms with Gasteiger partial charge in [0.15, 0.2) is 6.10 Å². The van der Waals surface area contributed by atoms with E-state index >= 15 is 0 Å². The zero-order valence-corrected chi connectivity index (χ0v) is 26.3. The molecule has 5 aromatic rings. The molecule has 0 unspecified atom stereocenters. The van der Waals surface area contributed by atoms with Gasteiger partial charge in [0.2, 0.25) is 0 Å². The summed E-state index contributed by atoms with van der Waals surface area (Å²) in [5.41, 5.74) is 5.48. The van der Waals surface area contributed by atoms with E-state index in [0.717, 1.165) is 40.3 Å². The molecule has 0 aliphatic rings. The summed E-state index contributed by atoms with van der Waals surface area (Å²) in [4.78, 5) is 5.12. The zero-order chi connectivity index (χ0) is 30.2. The van der Waals surface area contributed by atoms with Crippen LogP contribution in [0.25, 0.3) is 22.3 Å². The Labute approximate surface area is 265 Å². The largest absolute Gasteiger partial charge is 0.479 e. The van der Waals surface area contributed by atoms with E-state index in [-0.39, 0.29) is 5.41 Å². The lowest BCUT2D eigenvalue weighted by Crippen LogP contribution is -2.27. The number of ether oxygens (including phenoxy) is 1. The first-order valence-corrected chi connectivity index (χ1v) is 15.3. The first kappa shape index (κ1) is 30.4. The molecule has 3 nitrogen and oxygen atoms in total. The number of benzene rings is 4. The Kier molecular flexibility index (Phi) is 9.86. The average molecular weight is 608 g/mol. The van der Waals surface area contributed by atoms with Crippen molar-refractivity contribution >= 4 is 34.6 Å². The van der Waals surface area contributed by atoms with Gasteiger partial charge in [-0.3, -0.25) is 4.99 Å². The number of aryl methyl sites for hydroxylation is 1. The van der Waals surface area contributed by atoms with E-state index < -0.39 is 6.10 Å². The van der Waals surface area contributed by atoms with Crippen molar-refractivity contribution in [3.63, 3.8) is 0 Å². The Morgan fingerprint density at radius 3 is 1.81 bits per heavy atom. The lowest BCUT2D eigenvalue weighted by molar-refractivity contribution is 0.310. The summed E-state index contributed by atoms with van der Waals surface area (Å²) < 4.78 is 9.29. The third-order valence-electron chi connectivity index (χ3n) is 7.01. The molecule has 5 rings (SSSR count). The number of nitrogens with zero attached hydrogens (tertiary/aromatic N) is 2. The molecule has 5 heteroatoms. The molecule has 1 atom stereocenters. The first-order chi connectivity index (χ1) is 20.8. The Morgan fingerprint density at radius 2 is 1.28 bits per heavy atom. The lowest BCUT2D eigenvalue weighted by Gasteiger charge is -2.24. The Hall–Kier alpha value is -4.05. The van der Waals surface area contributed by atoms with Gasteiger partial charge in [-0.2, -0.15) is 0 Å². The normalized spacial score (nSPS) is 12.9. The molecule has 0 saturated carbocycles. The van der Waals surface area contributed by atoms with Crippen molar-refractivity contribution in [1.29, 1.82) is 0 Å². The summed E-state index contributed by atoms with van der Waals surface area (Å²) in [5.74, 6) is 0.794. The number of halogens is 2. The Bertz CT molecular complexity index is 1610. The molecule has 0 N–H and O–H groups in total. The van der Waals surface area contributed by atoms with Crippen LogP contribution in [0.5, 0.6) is 5.75 Å². The van der Waals surface area contributed by atoms with Crippen molar-refractivity contribution in [3.8, 4) is 28.0 Å².